The maximum atomic E-state index is 15.0. The van der Waals surface area contributed by atoms with Crippen molar-refractivity contribution in [1.29, 1.82) is 0 Å². The summed E-state index contributed by atoms with van der Waals surface area (Å²) in [5, 5.41) is 22.8. The molecule has 6 rings (SSSR count). The maximum absolute atomic E-state index is 15.0. The molecule has 352 valence electrons. The monoisotopic (exact) mass is 909 g/mol. The largest absolute Gasteiger partial charge is 0.370 e. The number of carbonyl (C=O) groups is 8. The number of carbonyl (C=O) groups excluding carboxylic acids is 8. The van der Waals surface area contributed by atoms with E-state index in [1.54, 1.807) is 30.9 Å². The third-order valence-corrected chi connectivity index (χ3v) is 12.3. The molecule has 8 amide bonds. The van der Waals surface area contributed by atoms with Crippen LogP contribution in [-0.4, -0.2) is 121 Å². The molecule has 0 bridgehead atoms. The summed E-state index contributed by atoms with van der Waals surface area (Å²) in [5.74, 6) is -6.91. The van der Waals surface area contributed by atoms with Crippen molar-refractivity contribution in [3.63, 3.8) is 0 Å². The average molecular weight is 910 g/mol. The quantitative estimate of drug-likeness (QED) is 0.0870. The Morgan fingerprint density at radius 1 is 0.864 bits per heavy atom. The van der Waals surface area contributed by atoms with Crippen LogP contribution in [0.5, 0.6) is 0 Å². The molecule has 2 aromatic heterocycles. The molecule has 2 fully saturated rings. The number of aromatic amines is 1. The second kappa shape index (κ2) is 22.2. The molecule has 12 N–H and O–H groups in total. The highest BCUT2D eigenvalue weighted by atomic mass is 16.2. The fourth-order valence-electron chi connectivity index (χ4n) is 8.28. The summed E-state index contributed by atoms with van der Waals surface area (Å²) in [6.45, 7) is 3.48. The number of hydrogen-bond donors (Lipinski definition) is 9. The summed E-state index contributed by atoms with van der Waals surface area (Å²) in [5.41, 5.74) is 20.6. The Morgan fingerprint density at radius 3 is 2.30 bits per heavy atom. The molecule has 0 aliphatic carbocycles. The predicted octanol–water partition coefficient (Wildman–Crippen LogP) is -1.10. The minimum absolute atomic E-state index is 0.000379. The van der Waals surface area contributed by atoms with Crippen LogP contribution >= 0.6 is 0 Å². The van der Waals surface area contributed by atoms with Crippen LogP contribution < -0.4 is 43.8 Å². The number of amides is 8. The van der Waals surface area contributed by atoms with Gasteiger partial charge in [-0.1, -0.05) is 74.0 Å². The van der Waals surface area contributed by atoms with Gasteiger partial charge < -0.3 is 53.7 Å². The van der Waals surface area contributed by atoms with Crippen LogP contribution in [0.4, 0.5) is 0 Å². The molecular formula is C45H59N13O8. The Morgan fingerprint density at radius 2 is 1.58 bits per heavy atom. The van der Waals surface area contributed by atoms with Gasteiger partial charge in [0.05, 0.1) is 30.6 Å². The molecule has 0 radical (unpaired) electrons. The first-order chi connectivity index (χ1) is 31.6. The van der Waals surface area contributed by atoms with Gasteiger partial charge in [-0.3, -0.25) is 38.4 Å². The van der Waals surface area contributed by atoms with Gasteiger partial charge in [-0.25, -0.2) is 4.68 Å². The zero-order valence-electron chi connectivity index (χ0n) is 37.0. The summed E-state index contributed by atoms with van der Waals surface area (Å²) in [6, 6.07) is 8.66. The highest BCUT2D eigenvalue weighted by molar-refractivity contribution is 5.99. The molecule has 2 aliphatic heterocycles. The summed E-state index contributed by atoms with van der Waals surface area (Å²) in [7, 11) is 0. The minimum Gasteiger partial charge on any atom is -0.370 e. The van der Waals surface area contributed by atoms with Crippen LogP contribution in [0.2, 0.25) is 0 Å². The normalized spacial score (nSPS) is 24.7. The van der Waals surface area contributed by atoms with Crippen molar-refractivity contribution < 1.29 is 38.4 Å². The third-order valence-electron chi connectivity index (χ3n) is 12.3. The lowest BCUT2D eigenvalue weighted by Crippen LogP contribution is -2.61. The zero-order valence-corrected chi connectivity index (χ0v) is 37.0. The van der Waals surface area contributed by atoms with Gasteiger partial charge in [-0.2, -0.15) is 0 Å². The molecule has 8 atom stereocenters. The number of fused-ring (bicyclic) bond motifs is 2. The lowest BCUT2D eigenvalue weighted by atomic mass is 9.96. The van der Waals surface area contributed by atoms with Crippen molar-refractivity contribution >= 4 is 58.2 Å². The van der Waals surface area contributed by atoms with E-state index in [2.05, 4.69) is 41.9 Å². The van der Waals surface area contributed by atoms with Crippen LogP contribution in [0.15, 0.2) is 67.0 Å². The molecule has 0 unspecified atom stereocenters. The van der Waals surface area contributed by atoms with Crippen molar-refractivity contribution in [2.45, 2.75) is 114 Å². The molecular weight excluding hydrogens is 851 g/mol. The van der Waals surface area contributed by atoms with Crippen LogP contribution in [0.25, 0.3) is 10.9 Å². The molecule has 2 saturated heterocycles. The Bertz CT molecular complexity index is 2400. The van der Waals surface area contributed by atoms with Gasteiger partial charge in [0.2, 0.25) is 47.3 Å². The van der Waals surface area contributed by atoms with E-state index in [1.165, 1.54) is 4.90 Å². The first-order valence-electron chi connectivity index (χ1n) is 22.2. The average Bonchev–Trinajstić information content (AvgIpc) is 4.06. The van der Waals surface area contributed by atoms with Crippen LogP contribution in [0, 0.1) is 5.92 Å². The smallest absolute Gasteiger partial charge is 0.246 e. The number of para-hydroxylation sites is 1. The number of rotatable bonds is 11. The Labute approximate surface area is 381 Å². The van der Waals surface area contributed by atoms with Crippen molar-refractivity contribution in [2.75, 3.05) is 13.1 Å². The molecule has 21 nitrogen and oxygen atoms in total. The third kappa shape index (κ3) is 12.3. The number of benzene rings is 2. The number of aryl methyl sites for hydroxylation is 2. The van der Waals surface area contributed by atoms with E-state index in [4.69, 9.17) is 17.2 Å². The number of aromatic nitrogens is 4. The van der Waals surface area contributed by atoms with E-state index in [9.17, 15) is 38.4 Å². The number of hydrogen-bond acceptors (Lipinski definition) is 11. The first-order valence-corrected chi connectivity index (χ1v) is 22.2. The second-order valence-corrected chi connectivity index (χ2v) is 17.1. The Hall–Kier alpha value is -7.16. The number of nitrogens with two attached hydrogens (primary N) is 3. The predicted molar refractivity (Wildman–Crippen MR) is 240 cm³/mol. The number of nitrogens with zero attached hydrogens (tertiary/aromatic N) is 4. The van der Waals surface area contributed by atoms with E-state index in [-0.39, 0.29) is 38.8 Å². The highest BCUT2D eigenvalue weighted by Crippen LogP contribution is 2.30. The summed E-state index contributed by atoms with van der Waals surface area (Å²) >= 11 is 0. The Balaban J connectivity index is 1.37. The van der Waals surface area contributed by atoms with Gasteiger partial charge in [-0.05, 0) is 48.8 Å². The van der Waals surface area contributed by atoms with Crippen molar-refractivity contribution in [1.82, 2.24) is 51.5 Å². The first kappa shape index (κ1) is 48.3. The van der Waals surface area contributed by atoms with Crippen LogP contribution in [-0.2, 0) is 57.6 Å². The van der Waals surface area contributed by atoms with Crippen LogP contribution in [0.1, 0.15) is 75.2 Å². The van der Waals surface area contributed by atoms with E-state index in [1.807, 2.05) is 54.6 Å². The molecule has 0 saturated carbocycles. The van der Waals surface area contributed by atoms with E-state index in [0.29, 0.717) is 30.5 Å². The van der Waals surface area contributed by atoms with E-state index in [0.717, 1.165) is 16.5 Å². The second-order valence-electron chi connectivity index (χ2n) is 17.1. The minimum atomic E-state index is -1.58. The van der Waals surface area contributed by atoms with Gasteiger partial charge in [0.25, 0.3) is 0 Å². The molecule has 2 aliphatic rings. The maximum Gasteiger partial charge on any atom is 0.246 e. The number of nitrogens with one attached hydrogen (secondary N) is 6. The van der Waals surface area contributed by atoms with Gasteiger partial charge in [0.1, 0.15) is 30.2 Å². The van der Waals surface area contributed by atoms with Gasteiger partial charge in [-0.15, -0.1) is 5.10 Å². The van der Waals surface area contributed by atoms with Gasteiger partial charge in [0.15, 0.2) is 0 Å². The number of primary amides is 2. The van der Waals surface area contributed by atoms with Crippen LogP contribution in [0.3, 0.4) is 0 Å². The van der Waals surface area contributed by atoms with Gasteiger partial charge in [0, 0.05) is 49.2 Å². The highest BCUT2D eigenvalue weighted by Gasteiger charge is 2.45. The van der Waals surface area contributed by atoms with E-state index < -0.39 is 108 Å². The molecule has 2 aromatic carbocycles. The fraction of sp³-hybridized carbons (Fsp3) is 0.467. The standard InChI is InChI=1S/C45H59N13O8/c1-3-25(2)39-45(66)57-24-29(58-23-28(55-56-58)16-15-26-10-5-4-6-11-26)19-36(57)44(65)53-34(18-27-22-50-32-13-8-7-12-30(27)32)42(63)51-33(40(48)61)14-9-17-49-38(60)20-31(46)41(62)52-35(21-37(47)59)43(64)54-39/h4-8,10-13,22-23,25,29,31,33-36,39,50H,3,9,14-21,24,46H2,1-2H3,(H2,47,59)(H2,48,61)(H,49,60)(H,51,63)(H,52,62)(H,53,65)(H,54,64)/t25-,29-,31+,33-,34-,35-,36-,39-/m1/s1. The van der Waals surface area contributed by atoms with E-state index >= 15 is 0 Å². The summed E-state index contributed by atoms with van der Waals surface area (Å²) in [6.07, 6.45) is 4.14. The lowest BCUT2D eigenvalue weighted by Gasteiger charge is -2.33. The Kier molecular flexibility index (Phi) is 16.2. The topological polar surface area (TPSA) is 325 Å². The summed E-state index contributed by atoms with van der Waals surface area (Å²) < 4.78 is 1.60. The van der Waals surface area contributed by atoms with Crippen molar-refractivity contribution in [3.05, 3.63) is 83.8 Å². The SMILES string of the molecule is CC[C@@H](C)[C@H]1NC(=O)[C@@H](CC(N)=O)NC(=O)[C@@H](N)CC(=O)NCCC[C@H](C(N)=O)NC(=O)[C@@H](Cc2c[nH]c3ccccc23)NC(=O)[C@H]2C[C@@H](n3cc(CCc4ccccc4)nn3)CN2C1=O. The van der Waals surface area contributed by atoms with Crippen molar-refractivity contribution in [3.8, 4) is 0 Å². The lowest BCUT2D eigenvalue weighted by molar-refractivity contribution is -0.143. The molecule has 4 heterocycles. The summed E-state index contributed by atoms with van der Waals surface area (Å²) in [4.78, 5) is 113. The fourth-order valence-corrected chi connectivity index (χ4v) is 8.28. The number of H-pyrrole nitrogens is 1. The molecule has 66 heavy (non-hydrogen) atoms. The zero-order chi connectivity index (χ0) is 47.5. The molecule has 21 heteroatoms. The van der Waals surface area contributed by atoms with Gasteiger partial charge >= 0.3 is 0 Å². The molecule has 4 aromatic rings. The van der Waals surface area contributed by atoms with Crippen molar-refractivity contribution in [2.24, 2.45) is 23.1 Å². The molecule has 0 spiro atoms.